The van der Waals surface area contributed by atoms with Crippen molar-refractivity contribution in [1.29, 1.82) is 5.26 Å². The topological polar surface area (TPSA) is 131 Å². The molecule has 0 radical (unpaired) electrons. The maximum absolute atomic E-state index is 13.7. The summed E-state index contributed by atoms with van der Waals surface area (Å²) in [7, 11) is 0. The Morgan fingerprint density at radius 2 is 1.89 bits per heavy atom. The van der Waals surface area contributed by atoms with Crippen molar-refractivity contribution in [1.82, 2.24) is 20.9 Å². The zero-order valence-corrected chi connectivity index (χ0v) is 22.8. The van der Waals surface area contributed by atoms with E-state index in [1.165, 1.54) is 0 Å². The Bertz CT molecular complexity index is 931. The number of amides is 4. The molecule has 0 aromatic rings. The maximum atomic E-state index is 13.7. The van der Waals surface area contributed by atoms with Gasteiger partial charge in [0.15, 0.2) is 0 Å². The van der Waals surface area contributed by atoms with E-state index in [1.807, 2.05) is 34.6 Å². The molecule has 0 bridgehead atoms. The van der Waals surface area contributed by atoms with E-state index in [-0.39, 0.29) is 65.7 Å². The highest BCUT2D eigenvalue weighted by Crippen LogP contribution is 2.65. The van der Waals surface area contributed by atoms with Crippen LogP contribution in [0.2, 0.25) is 0 Å². The zero-order chi connectivity index (χ0) is 27.0. The number of likely N-dealkylation sites (tertiary alicyclic amines) is 1. The van der Waals surface area contributed by atoms with Crippen LogP contribution in [0, 0.1) is 45.8 Å². The summed E-state index contributed by atoms with van der Waals surface area (Å²) in [5.41, 5.74) is -0.576. The molecule has 9 nitrogen and oxygen atoms in total. The number of piperidine rings is 1. The van der Waals surface area contributed by atoms with Crippen LogP contribution in [-0.2, 0) is 19.2 Å². The zero-order valence-electron chi connectivity index (χ0n) is 22.8. The van der Waals surface area contributed by atoms with Crippen molar-refractivity contribution in [3.63, 3.8) is 0 Å². The lowest BCUT2D eigenvalue weighted by atomic mass is 9.93. The van der Waals surface area contributed by atoms with Crippen LogP contribution in [-0.4, -0.2) is 59.7 Å². The van der Waals surface area contributed by atoms with Gasteiger partial charge in [0.05, 0.1) is 6.07 Å². The molecule has 2 heterocycles. The lowest BCUT2D eigenvalue weighted by molar-refractivity contribution is -0.141. The lowest BCUT2D eigenvalue weighted by Crippen LogP contribution is -2.54. The van der Waals surface area contributed by atoms with Gasteiger partial charge in [-0.25, -0.2) is 0 Å². The third kappa shape index (κ3) is 6.01. The highest BCUT2D eigenvalue weighted by Gasteiger charge is 2.67. The maximum Gasteiger partial charge on any atom is 0.245 e. The second kappa shape index (κ2) is 10.4. The van der Waals surface area contributed by atoms with Gasteiger partial charge in [0.2, 0.25) is 23.6 Å². The minimum absolute atomic E-state index is 0.0422. The molecule has 36 heavy (non-hydrogen) atoms. The quantitative estimate of drug-likeness (QED) is 0.445. The second-order valence-electron chi connectivity index (χ2n) is 12.9. The van der Waals surface area contributed by atoms with Crippen molar-refractivity contribution in [2.75, 3.05) is 13.1 Å². The van der Waals surface area contributed by atoms with Crippen molar-refractivity contribution >= 4 is 23.6 Å². The van der Waals surface area contributed by atoms with Gasteiger partial charge in [-0.15, -0.1) is 0 Å². The normalized spacial score (nSPS) is 28.1. The van der Waals surface area contributed by atoms with E-state index in [9.17, 15) is 24.4 Å². The molecule has 3 N–H and O–H groups in total. The molecule has 1 aliphatic carbocycles. The van der Waals surface area contributed by atoms with Crippen LogP contribution in [0.15, 0.2) is 0 Å². The predicted octanol–water partition coefficient (Wildman–Crippen LogP) is 1.97. The summed E-state index contributed by atoms with van der Waals surface area (Å²) >= 11 is 0. The number of hydrogen-bond acceptors (Lipinski definition) is 5. The summed E-state index contributed by atoms with van der Waals surface area (Å²) in [6.45, 7) is 15.0. The Balaban J connectivity index is 1.71. The van der Waals surface area contributed by atoms with Crippen LogP contribution < -0.4 is 16.0 Å². The first-order valence-electron chi connectivity index (χ1n) is 13.2. The Labute approximate surface area is 215 Å². The summed E-state index contributed by atoms with van der Waals surface area (Å²) in [6.07, 6.45) is 1.57. The first-order chi connectivity index (χ1) is 16.7. The van der Waals surface area contributed by atoms with E-state index < -0.39 is 17.5 Å². The summed E-state index contributed by atoms with van der Waals surface area (Å²) < 4.78 is 0. The van der Waals surface area contributed by atoms with Gasteiger partial charge in [0.25, 0.3) is 0 Å². The summed E-state index contributed by atoms with van der Waals surface area (Å²) in [6, 6.07) is 0.435. The average molecular weight is 502 g/mol. The van der Waals surface area contributed by atoms with Gasteiger partial charge in [-0.2, -0.15) is 5.26 Å². The molecule has 9 heteroatoms. The van der Waals surface area contributed by atoms with Gasteiger partial charge in [-0.1, -0.05) is 48.5 Å². The molecule has 6 atom stereocenters. The van der Waals surface area contributed by atoms with E-state index in [2.05, 4.69) is 35.9 Å². The molecule has 3 rings (SSSR count). The first-order valence-corrected chi connectivity index (χ1v) is 13.2. The smallest absolute Gasteiger partial charge is 0.245 e. The number of hydrogen-bond donors (Lipinski definition) is 3. The molecule has 1 saturated carbocycles. The van der Waals surface area contributed by atoms with E-state index in [4.69, 9.17) is 0 Å². The van der Waals surface area contributed by atoms with Crippen LogP contribution in [0.1, 0.15) is 74.1 Å². The van der Waals surface area contributed by atoms with Crippen LogP contribution in [0.3, 0.4) is 0 Å². The van der Waals surface area contributed by atoms with E-state index in [1.54, 1.807) is 4.90 Å². The largest absolute Gasteiger partial charge is 0.356 e. The van der Waals surface area contributed by atoms with Crippen molar-refractivity contribution < 1.29 is 19.2 Å². The van der Waals surface area contributed by atoms with Gasteiger partial charge >= 0.3 is 0 Å². The average Bonchev–Trinajstić information content (AvgIpc) is 3.08. The third-order valence-electron chi connectivity index (χ3n) is 8.19. The minimum Gasteiger partial charge on any atom is -0.356 e. The number of carbonyl (C=O) groups excluding carboxylic acids is 4. The number of nitrogens with zero attached hydrogens (tertiary/aromatic N) is 2. The van der Waals surface area contributed by atoms with Crippen LogP contribution in [0.5, 0.6) is 0 Å². The predicted molar refractivity (Wildman–Crippen MR) is 135 cm³/mol. The molecule has 0 aromatic carbocycles. The standard InChI is InChI=1S/C27H43N5O4/c1-15(2)10-19(31-25(36)26(3,4)5)24(35)32-14-18-22(27(18,6)7)20(32)12-21(33)30-17(13-28)11-16-8-9-29-23(16)34/h15-20,22H,8-12,14H2,1-7H3,(H,29,34)(H,30,33)(H,31,36)/t16-,17-,18-,19-,20+,22-/m0/s1. The summed E-state index contributed by atoms with van der Waals surface area (Å²) in [5, 5.41) is 18.1. The Kier molecular flexibility index (Phi) is 8.07. The lowest BCUT2D eigenvalue weighted by Gasteiger charge is -2.35. The second-order valence-corrected chi connectivity index (χ2v) is 12.9. The SMILES string of the molecule is CC(C)C[C@H](NC(=O)C(C)(C)C)C(=O)N1C[C@H]2[C@@H]([C@H]1CC(=O)N[C@H](C#N)C[C@@H]1CCNC1=O)C2(C)C. The van der Waals surface area contributed by atoms with Crippen molar-refractivity contribution in [3.05, 3.63) is 0 Å². The van der Waals surface area contributed by atoms with Crippen LogP contribution >= 0.6 is 0 Å². The van der Waals surface area contributed by atoms with Gasteiger partial charge < -0.3 is 20.9 Å². The van der Waals surface area contributed by atoms with Gasteiger partial charge in [-0.3, -0.25) is 19.2 Å². The number of rotatable bonds is 9. The fourth-order valence-corrected chi connectivity index (χ4v) is 5.94. The Hall–Kier alpha value is -2.63. The number of nitriles is 1. The molecular formula is C27H43N5O4. The van der Waals surface area contributed by atoms with Crippen molar-refractivity contribution in [2.45, 2.75) is 92.3 Å². The highest BCUT2D eigenvalue weighted by molar-refractivity contribution is 5.90. The molecule has 3 aliphatic rings. The Morgan fingerprint density at radius 1 is 1.22 bits per heavy atom. The van der Waals surface area contributed by atoms with E-state index >= 15 is 0 Å². The molecule has 2 aliphatic heterocycles. The number of fused-ring (bicyclic) bond motifs is 1. The molecule has 3 fully saturated rings. The summed E-state index contributed by atoms with van der Waals surface area (Å²) in [5.74, 6) is -0.223. The van der Waals surface area contributed by atoms with Crippen molar-refractivity contribution in [2.24, 2.45) is 34.5 Å². The molecule has 0 unspecified atom stereocenters. The monoisotopic (exact) mass is 501 g/mol. The molecule has 2 saturated heterocycles. The highest BCUT2D eigenvalue weighted by atomic mass is 16.2. The summed E-state index contributed by atoms with van der Waals surface area (Å²) in [4.78, 5) is 53.2. The fraction of sp³-hybridized carbons (Fsp3) is 0.815. The molecule has 0 spiro atoms. The number of nitrogens with one attached hydrogen (secondary N) is 3. The molecule has 200 valence electrons. The van der Waals surface area contributed by atoms with Gasteiger partial charge in [0, 0.05) is 36.9 Å². The number of carbonyl (C=O) groups is 4. The van der Waals surface area contributed by atoms with E-state index in [0.717, 1.165) is 0 Å². The molecule has 0 aromatic heterocycles. The van der Waals surface area contributed by atoms with Crippen LogP contribution in [0.25, 0.3) is 0 Å². The van der Waals surface area contributed by atoms with Crippen molar-refractivity contribution in [3.8, 4) is 6.07 Å². The van der Waals surface area contributed by atoms with Gasteiger partial charge in [-0.05, 0) is 42.4 Å². The van der Waals surface area contributed by atoms with Crippen LogP contribution in [0.4, 0.5) is 0 Å². The minimum atomic E-state index is -0.750. The first kappa shape index (κ1) is 27.9. The Morgan fingerprint density at radius 3 is 2.42 bits per heavy atom. The molecular weight excluding hydrogens is 458 g/mol. The fourth-order valence-electron chi connectivity index (χ4n) is 5.94. The molecule has 4 amide bonds. The van der Waals surface area contributed by atoms with Gasteiger partial charge in [0.1, 0.15) is 12.1 Å². The third-order valence-corrected chi connectivity index (χ3v) is 8.19. The van der Waals surface area contributed by atoms with E-state index in [0.29, 0.717) is 31.8 Å².